The molecule has 1 atom stereocenters. The number of Topliss-reactive ketones (excluding diaryl/α,β-unsaturated/α-hetero) is 1. The predicted octanol–water partition coefficient (Wildman–Crippen LogP) is 2.97. The molecule has 1 aromatic carbocycles. The molecule has 2 aromatic heterocycles. The number of aryl methyl sites for hydroxylation is 1. The molecule has 7 nitrogen and oxygen atoms in total. The van der Waals surface area contributed by atoms with Crippen LogP contribution in [0.1, 0.15) is 35.5 Å². The fraction of sp³-hybridized carbons (Fsp3) is 0.250. The highest BCUT2D eigenvalue weighted by atomic mass is 16.3. The lowest BCUT2D eigenvalue weighted by Gasteiger charge is -2.18. The van der Waals surface area contributed by atoms with Crippen LogP contribution in [0.3, 0.4) is 0 Å². The van der Waals surface area contributed by atoms with Crippen LogP contribution in [-0.4, -0.2) is 34.2 Å². The smallest absolute Gasteiger partial charge is 0.325 e. The number of nitrogens with zero attached hydrogens (tertiary/aromatic N) is 1. The number of aromatic amines is 1. The van der Waals surface area contributed by atoms with Crippen molar-refractivity contribution in [3.8, 4) is 0 Å². The summed E-state index contributed by atoms with van der Waals surface area (Å²) in [6.07, 6.45) is 3.90. The van der Waals surface area contributed by atoms with E-state index >= 15 is 0 Å². The number of carbonyl (C=O) groups is 3. The van der Waals surface area contributed by atoms with E-state index in [1.54, 1.807) is 25.3 Å². The number of carbonyl (C=O) groups excluding carboxylic acids is 3. The number of benzene rings is 1. The van der Waals surface area contributed by atoms with Gasteiger partial charge in [-0.2, -0.15) is 0 Å². The van der Waals surface area contributed by atoms with Crippen LogP contribution in [0.4, 0.5) is 4.79 Å². The summed E-state index contributed by atoms with van der Waals surface area (Å²) >= 11 is 0. The minimum atomic E-state index is -1.31. The molecular formula is C20H19N3O4. The van der Waals surface area contributed by atoms with Crippen LogP contribution >= 0.6 is 0 Å². The van der Waals surface area contributed by atoms with Crippen LogP contribution in [0, 0.1) is 0 Å². The third-order valence-electron chi connectivity index (χ3n) is 5.07. The second-order valence-electron chi connectivity index (χ2n) is 6.74. The number of rotatable bonds is 5. The van der Waals surface area contributed by atoms with E-state index in [1.165, 1.54) is 6.26 Å². The first-order valence-electron chi connectivity index (χ1n) is 8.76. The van der Waals surface area contributed by atoms with Gasteiger partial charge in [-0.3, -0.25) is 14.5 Å². The van der Waals surface area contributed by atoms with E-state index in [0.717, 1.165) is 27.8 Å². The molecule has 0 bridgehead atoms. The molecule has 0 radical (unpaired) electrons. The molecule has 0 spiro atoms. The zero-order valence-electron chi connectivity index (χ0n) is 15.0. The molecule has 3 aromatic rings. The van der Waals surface area contributed by atoms with Crippen molar-refractivity contribution in [2.24, 2.45) is 0 Å². The van der Waals surface area contributed by atoms with Gasteiger partial charge in [0.15, 0.2) is 11.3 Å². The van der Waals surface area contributed by atoms with Crippen molar-refractivity contribution < 1.29 is 18.8 Å². The molecule has 4 rings (SSSR count). The van der Waals surface area contributed by atoms with Crippen LogP contribution in [0.25, 0.3) is 10.9 Å². The van der Waals surface area contributed by atoms with Gasteiger partial charge < -0.3 is 14.7 Å². The van der Waals surface area contributed by atoms with Crippen LogP contribution in [0.15, 0.2) is 47.2 Å². The minimum absolute atomic E-state index is 0.304. The molecule has 138 valence electrons. The van der Waals surface area contributed by atoms with Gasteiger partial charge in [-0.25, -0.2) is 4.79 Å². The van der Waals surface area contributed by atoms with E-state index in [0.29, 0.717) is 11.3 Å². The number of furan rings is 1. The SMILES string of the molecule is CCc1cccc2c(C(=O)CN3C(=O)N[C@](C)(c4ccco4)C3=O)c[nH]c12. The zero-order valence-corrected chi connectivity index (χ0v) is 15.0. The number of ketones is 1. The largest absolute Gasteiger partial charge is 0.466 e. The Labute approximate surface area is 155 Å². The first kappa shape index (κ1) is 17.1. The summed E-state index contributed by atoms with van der Waals surface area (Å²) in [4.78, 5) is 42.1. The summed E-state index contributed by atoms with van der Waals surface area (Å²) in [6.45, 7) is 3.28. The molecule has 3 heterocycles. The Bertz CT molecular complexity index is 1050. The van der Waals surface area contributed by atoms with Crippen LogP contribution < -0.4 is 5.32 Å². The standard InChI is InChI=1S/C20H19N3O4/c1-3-12-6-4-7-13-14(10-21-17(12)13)15(24)11-23-18(25)20(2,22-19(23)26)16-8-5-9-27-16/h4-10,21H,3,11H2,1-2H3,(H,22,26)/t20-/m1/s1. The molecule has 1 aliphatic rings. The average Bonchev–Trinajstić information content (AvgIpc) is 3.37. The number of aromatic nitrogens is 1. The normalized spacial score (nSPS) is 19.7. The Morgan fingerprint density at radius 1 is 1.22 bits per heavy atom. The van der Waals surface area contributed by atoms with Crippen molar-refractivity contribution in [1.82, 2.24) is 15.2 Å². The first-order valence-corrected chi connectivity index (χ1v) is 8.76. The molecule has 1 aliphatic heterocycles. The van der Waals surface area contributed by atoms with E-state index in [1.807, 2.05) is 25.1 Å². The monoisotopic (exact) mass is 365 g/mol. The quantitative estimate of drug-likeness (QED) is 0.537. The average molecular weight is 365 g/mol. The highest BCUT2D eigenvalue weighted by Crippen LogP contribution is 2.30. The van der Waals surface area contributed by atoms with Crippen molar-refractivity contribution in [3.05, 3.63) is 59.7 Å². The molecule has 1 saturated heterocycles. The Balaban J connectivity index is 1.62. The summed E-state index contributed by atoms with van der Waals surface area (Å²) in [5.74, 6) is -0.484. The number of hydrogen-bond acceptors (Lipinski definition) is 4. The van der Waals surface area contributed by atoms with Crippen molar-refractivity contribution in [1.29, 1.82) is 0 Å². The highest BCUT2D eigenvalue weighted by Gasteiger charge is 2.51. The Hall–Kier alpha value is -3.35. The van der Waals surface area contributed by atoms with Crippen molar-refractivity contribution in [2.45, 2.75) is 25.8 Å². The predicted molar refractivity (Wildman–Crippen MR) is 98.3 cm³/mol. The Morgan fingerprint density at radius 2 is 2.04 bits per heavy atom. The van der Waals surface area contributed by atoms with E-state index in [9.17, 15) is 14.4 Å². The van der Waals surface area contributed by atoms with Crippen molar-refractivity contribution >= 4 is 28.6 Å². The van der Waals surface area contributed by atoms with E-state index in [4.69, 9.17) is 4.42 Å². The third kappa shape index (κ3) is 2.54. The summed E-state index contributed by atoms with van der Waals surface area (Å²) in [6, 6.07) is 8.41. The van der Waals surface area contributed by atoms with Gasteiger partial charge in [-0.1, -0.05) is 25.1 Å². The van der Waals surface area contributed by atoms with Crippen LogP contribution in [0.5, 0.6) is 0 Å². The molecule has 0 unspecified atom stereocenters. The van der Waals surface area contributed by atoms with E-state index in [-0.39, 0.29) is 12.3 Å². The van der Waals surface area contributed by atoms with E-state index in [2.05, 4.69) is 10.3 Å². The zero-order chi connectivity index (χ0) is 19.2. The molecule has 0 saturated carbocycles. The van der Waals surface area contributed by atoms with Crippen LogP contribution in [0.2, 0.25) is 0 Å². The second-order valence-corrected chi connectivity index (χ2v) is 6.74. The van der Waals surface area contributed by atoms with Crippen molar-refractivity contribution in [3.63, 3.8) is 0 Å². The molecule has 27 heavy (non-hydrogen) atoms. The lowest BCUT2D eigenvalue weighted by Crippen LogP contribution is -2.41. The fourth-order valence-electron chi connectivity index (χ4n) is 3.54. The van der Waals surface area contributed by atoms with Gasteiger partial charge in [0.2, 0.25) is 0 Å². The molecule has 3 amide bonds. The number of amides is 3. The first-order chi connectivity index (χ1) is 13.0. The fourth-order valence-corrected chi connectivity index (χ4v) is 3.54. The van der Waals surface area contributed by atoms with Gasteiger partial charge in [0.1, 0.15) is 5.76 Å². The molecular weight excluding hydrogens is 346 g/mol. The Morgan fingerprint density at radius 3 is 2.74 bits per heavy atom. The van der Waals surface area contributed by atoms with E-state index < -0.39 is 17.5 Å². The number of para-hydroxylation sites is 1. The maximum atomic E-state index is 12.8. The second kappa shape index (κ2) is 6.12. The minimum Gasteiger partial charge on any atom is -0.466 e. The molecule has 2 N–H and O–H groups in total. The maximum Gasteiger partial charge on any atom is 0.325 e. The summed E-state index contributed by atoms with van der Waals surface area (Å²) < 4.78 is 5.30. The van der Waals surface area contributed by atoms with Gasteiger partial charge in [-0.15, -0.1) is 0 Å². The topological polar surface area (TPSA) is 95.4 Å². The molecule has 7 heteroatoms. The lowest BCUT2D eigenvalue weighted by molar-refractivity contribution is -0.131. The number of imide groups is 1. The van der Waals surface area contributed by atoms with Gasteiger partial charge in [0, 0.05) is 22.7 Å². The number of nitrogens with one attached hydrogen (secondary N) is 2. The maximum absolute atomic E-state index is 12.8. The van der Waals surface area contributed by atoms with Crippen molar-refractivity contribution in [2.75, 3.05) is 6.54 Å². The van der Waals surface area contributed by atoms with Gasteiger partial charge in [-0.05, 0) is 31.0 Å². The Kier molecular flexibility index (Phi) is 3.87. The summed E-state index contributed by atoms with van der Waals surface area (Å²) in [7, 11) is 0. The van der Waals surface area contributed by atoms with Gasteiger partial charge >= 0.3 is 6.03 Å². The van der Waals surface area contributed by atoms with Gasteiger partial charge in [0.25, 0.3) is 5.91 Å². The number of urea groups is 1. The highest BCUT2D eigenvalue weighted by molar-refractivity contribution is 6.14. The number of H-pyrrole nitrogens is 1. The lowest BCUT2D eigenvalue weighted by atomic mass is 9.99. The molecule has 1 fully saturated rings. The van der Waals surface area contributed by atoms with Crippen LogP contribution in [-0.2, 0) is 16.8 Å². The summed E-state index contributed by atoms with van der Waals surface area (Å²) in [5.41, 5.74) is 1.16. The molecule has 0 aliphatic carbocycles. The number of hydrogen-bond donors (Lipinski definition) is 2. The van der Waals surface area contributed by atoms with Gasteiger partial charge in [0.05, 0.1) is 12.8 Å². The summed E-state index contributed by atoms with van der Waals surface area (Å²) in [5, 5.41) is 3.41. The third-order valence-corrected chi connectivity index (χ3v) is 5.07. The number of fused-ring (bicyclic) bond motifs is 1.